The summed E-state index contributed by atoms with van der Waals surface area (Å²) in [6.45, 7) is 0.253. The maximum atomic E-state index is 12.6. The lowest BCUT2D eigenvalue weighted by Gasteiger charge is -2.23. The number of anilines is 1. The van der Waals surface area contributed by atoms with Gasteiger partial charge in [0.15, 0.2) is 0 Å². The Kier molecular flexibility index (Phi) is 3.75. The highest BCUT2D eigenvalue weighted by Gasteiger charge is 2.37. The zero-order chi connectivity index (χ0) is 15.8. The number of carboxylic acids is 1. The molecule has 6 nitrogen and oxygen atoms in total. The molecule has 2 rings (SSSR count). The third kappa shape index (κ3) is 2.91. The SMILES string of the molecule is O=C(O)C1CCCN1c1ccc(C(F)(F)F)cc1[N+](=O)[O-]. The summed E-state index contributed by atoms with van der Waals surface area (Å²) in [7, 11) is 0. The zero-order valence-electron chi connectivity index (χ0n) is 10.6. The van der Waals surface area contributed by atoms with Crippen LogP contribution in [0.5, 0.6) is 0 Å². The second-order valence-corrected chi connectivity index (χ2v) is 4.65. The maximum Gasteiger partial charge on any atom is 0.416 e. The number of aliphatic carboxylic acids is 1. The molecule has 0 amide bonds. The molecule has 1 aliphatic rings. The molecule has 1 unspecified atom stereocenters. The van der Waals surface area contributed by atoms with Gasteiger partial charge in [-0.25, -0.2) is 4.79 Å². The van der Waals surface area contributed by atoms with Crippen LogP contribution < -0.4 is 4.90 Å². The normalized spacial score (nSPS) is 18.8. The number of nitrogens with zero attached hydrogens (tertiary/aromatic N) is 2. The van der Waals surface area contributed by atoms with E-state index in [9.17, 15) is 28.1 Å². The predicted molar refractivity (Wildman–Crippen MR) is 66.1 cm³/mol. The first-order chi connectivity index (χ1) is 9.71. The van der Waals surface area contributed by atoms with E-state index in [0.29, 0.717) is 18.9 Å². The molecule has 1 atom stereocenters. The summed E-state index contributed by atoms with van der Waals surface area (Å²) in [5.41, 5.74) is -1.97. The van der Waals surface area contributed by atoms with E-state index < -0.39 is 34.4 Å². The van der Waals surface area contributed by atoms with Crippen molar-refractivity contribution in [3.05, 3.63) is 33.9 Å². The fourth-order valence-corrected chi connectivity index (χ4v) is 2.40. The molecule has 0 radical (unpaired) electrons. The van der Waals surface area contributed by atoms with Crippen LogP contribution in [-0.4, -0.2) is 28.6 Å². The van der Waals surface area contributed by atoms with Gasteiger partial charge in [-0.2, -0.15) is 13.2 Å². The summed E-state index contributed by atoms with van der Waals surface area (Å²) < 4.78 is 37.8. The predicted octanol–water partition coefficient (Wildman–Crippen LogP) is 2.67. The lowest BCUT2D eigenvalue weighted by atomic mass is 10.1. The molecule has 0 aromatic heterocycles. The summed E-state index contributed by atoms with van der Waals surface area (Å²) >= 11 is 0. The highest BCUT2D eigenvalue weighted by molar-refractivity contribution is 5.81. The molecule has 21 heavy (non-hydrogen) atoms. The molecule has 1 N–H and O–H groups in total. The summed E-state index contributed by atoms with van der Waals surface area (Å²) in [6.07, 6.45) is -3.89. The summed E-state index contributed by atoms with van der Waals surface area (Å²) in [6, 6.07) is 1.16. The minimum absolute atomic E-state index is 0.0992. The number of rotatable bonds is 3. The molecule has 114 valence electrons. The molecule has 0 bridgehead atoms. The van der Waals surface area contributed by atoms with Gasteiger partial charge in [0.2, 0.25) is 0 Å². The first-order valence-electron chi connectivity index (χ1n) is 6.07. The largest absolute Gasteiger partial charge is 0.480 e. The van der Waals surface area contributed by atoms with E-state index in [-0.39, 0.29) is 12.2 Å². The van der Waals surface area contributed by atoms with Crippen LogP contribution in [0.4, 0.5) is 24.5 Å². The molecule has 0 aliphatic carbocycles. The van der Waals surface area contributed by atoms with Gasteiger partial charge >= 0.3 is 12.1 Å². The molecule has 1 aliphatic heterocycles. The van der Waals surface area contributed by atoms with E-state index in [1.807, 2.05) is 0 Å². The summed E-state index contributed by atoms with van der Waals surface area (Å²) in [4.78, 5) is 22.4. The second kappa shape index (κ2) is 5.23. The topological polar surface area (TPSA) is 83.7 Å². The Bertz CT molecular complexity index is 588. The Morgan fingerprint density at radius 3 is 2.62 bits per heavy atom. The van der Waals surface area contributed by atoms with Crippen LogP contribution in [0.3, 0.4) is 0 Å². The van der Waals surface area contributed by atoms with Crippen LogP contribution in [0.15, 0.2) is 18.2 Å². The molecule has 1 aromatic rings. The van der Waals surface area contributed by atoms with E-state index >= 15 is 0 Å². The van der Waals surface area contributed by atoms with Gasteiger partial charge in [-0.05, 0) is 25.0 Å². The molecular weight excluding hydrogens is 293 g/mol. The van der Waals surface area contributed by atoms with Crippen molar-refractivity contribution in [2.24, 2.45) is 0 Å². The third-order valence-electron chi connectivity index (χ3n) is 3.35. The van der Waals surface area contributed by atoms with Crippen molar-refractivity contribution in [1.82, 2.24) is 0 Å². The Morgan fingerprint density at radius 1 is 1.43 bits per heavy atom. The molecule has 1 saturated heterocycles. The molecule has 0 spiro atoms. The zero-order valence-corrected chi connectivity index (χ0v) is 10.6. The number of hydrogen-bond donors (Lipinski definition) is 1. The number of carbonyl (C=O) groups is 1. The van der Waals surface area contributed by atoms with E-state index in [0.717, 1.165) is 12.1 Å². The van der Waals surface area contributed by atoms with Crippen molar-refractivity contribution < 1.29 is 28.0 Å². The van der Waals surface area contributed by atoms with Crippen LogP contribution >= 0.6 is 0 Å². The number of carboxylic acid groups (broad SMARTS) is 1. The van der Waals surface area contributed by atoms with Crippen molar-refractivity contribution >= 4 is 17.3 Å². The smallest absolute Gasteiger partial charge is 0.416 e. The van der Waals surface area contributed by atoms with E-state index in [1.54, 1.807) is 0 Å². The Balaban J connectivity index is 2.49. The number of halogens is 3. The second-order valence-electron chi connectivity index (χ2n) is 4.65. The third-order valence-corrected chi connectivity index (χ3v) is 3.35. The minimum Gasteiger partial charge on any atom is -0.480 e. The lowest BCUT2D eigenvalue weighted by molar-refractivity contribution is -0.384. The average Bonchev–Trinajstić information content (AvgIpc) is 2.85. The Labute approximate surface area is 116 Å². The number of nitro groups is 1. The van der Waals surface area contributed by atoms with E-state index in [2.05, 4.69) is 0 Å². The van der Waals surface area contributed by atoms with E-state index in [1.165, 1.54) is 4.90 Å². The lowest BCUT2D eigenvalue weighted by Crippen LogP contribution is -2.36. The highest BCUT2D eigenvalue weighted by atomic mass is 19.4. The first kappa shape index (κ1) is 15.1. The van der Waals surface area contributed by atoms with Crippen molar-refractivity contribution in [2.45, 2.75) is 25.1 Å². The van der Waals surface area contributed by atoms with Gasteiger partial charge in [0.05, 0.1) is 10.5 Å². The molecule has 1 heterocycles. The first-order valence-corrected chi connectivity index (χ1v) is 6.07. The van der Waals surface area contributed by atoms with Gasteiger partial charge in [-0.15, -0.1) is 0 Å². The monoisotopic (exact) mass is 304 g/mol. The average molecular weight is 304 g/mol. The maximum absolute atomic E-state index is 12.6. The minimum atomic E-state index is -4.69. The van der Waals surface area contributed by atoms with Crippen LogP contribution in [0.1, 0.15) is 18.4 Å². The Hall–Kier alpha value is -2.32. The summed E-state index contributed by atoms with van der Waals surface area (Å²) in [5.74, 6) is -1.15. The molecule has 9 heteroatoms. The van der Waals surface area contributed by atoms with Gasteiger partial charge < -0.3 is 10.0 Å². The van der Waals surface area contributed by atoms with E-state index in [4.69, 9.17) is 5.11 Å². The van der Waals surface area contributed by atoms with Crippen LogP contribution in [0, 0.1) is 10.1 Å². The Morgan fingerprint density at radius 2 is 2.10 bits per heavy atom. The van der Waals surface area contributed by atoms with Gasteiger partial charge in [-0.3, -0.25) is 10.1 Å². The quantitative estimate of drug-likeness (QED) is 0.685. The number of hydrogen-bond acceptors (Lipinski definition) is 4. The number of benzene rings is 1. The fourth-order valence-electron chi connectivity index (χ4n) is 2.40. The highest BCUT2D eigenvalue weighted by Crippen LogP contribution is 2.38. The standard InChI is InChI=1S/C12H11F3N2O4/c13-12(14,15)7-3-4-8(10(6-7)17(20)21)16-5-1-2-9(16)11(18)19/h3-4,6,9H,1-2,5H2,(H,18,19). The van der Waals surface area contributed by atoms with Crippen LogP contribution in [-0.2, 0) is 11.0 Å². The summed E-state index contributed by atoms with van der Waals surface area (Å²) in [5, 5.41) is 20.1. The molecular formula is C12H11F3N2O4. The van der Waals surface area contributed by atoms with Crippen LogP contribution in [0.2, 0.25) is 0 Å². The molecule has 0 saturated carbocycles. The van der Waals surface area contributed by atoms with Crippen molar-refractivity contribution in [2.75, 3.05) is 11.4 Å². The van der Waals surface area contributed by atoms with Crippen molar-refractivity contribution in [3.8, 4) is 0 Å². The number of nitro benzene ring substituents is 1. The van der Waals surface area contributed by atoms with Crippen molar-refractivity contribution in [1.29, 1.82) is 0 Å². The molecule has 1 fully saturated rings. The molecule has 1 aromatic carbocycles. The van der Waals surface area contributed by atoms with Gasteiger partial charge in [0, 0.05) is 12.6 Å². The van der Waals surface area contributed by atoms with Crippen LogP contribution in [0.25, 0.3) is 0 Å². The van der Waals surface area contributed by atoms with Gasteiger partial charge in [0.25, 0.3) is 5.69 Å². The van der Waals surface area contributed by atoms with Gasteiger partial charge in [-0.1, -0.05) is 0 Å². The number of alkyl halides is 3. The fraction of sp³-hybridized carbons (Fsp3) is 0.417. The van der Waals surface area contributed by atoms with Crippen molar-refractivity contribution in [3.63, 3.8) is 0 Å². The van der Waals surface area contributed by atoms with Gasteiger partial charge in [0.1, 0.15) is 11.7 Å².